The summed E-state index contributed by atoms with van der Waals surface area (Å²) in [6.07, 6.45) is 0. The molecule has 2 aromatic carbocycles. The molecule has 7 heteroatoms. The molecule has 2 aromatic heterocycles. The number of hydrogen-bond donors (Lipinski definition) is 1. The van der Waals surface area contributed by atoms with Crippen molar-refractivity contribution in [3.05, 3.63) is 64.8 Å². The molecule has 0 fully saturated rings. The van der Waals surface area contributed by atoms with E-state index in [4.69, 9.17) is 19.4 Å². The number of hydrogen-bond acceptors (Lipinski definition) is 7. The summed E-state index contributed by atoms with van der Waals surface area (Å²) in [5, 5.41) is 4.53. The van der Waals surface area contributed by atoms with Gasteiger partial charge in [0.2, 0.25) is 0 Å². The average molecular weight is 438 g/mol. The zero-order valence-corrected chi connectivity index (χ0v) is 19.0. The molecule has 0 saturated heterocycles. The largest absolute Gasteiger partial charge is 0.497 e. The number of anilines is 2. The third kappa shape index (κ3) is 4.22. The molecule has 0 aliphatic rings. The van der Waals surface area contributed by atoms with Gasteiger partial charge in [0, 0.05) is 15.8 Å². The van der Waals surface area contributed by atoms with Gasteiger partial charge in [-0.25, -0.2) is 9.97 Å². The van der Waals surface area contributed by atoms with Crippen LogP contribution in [0.5, 0.6) is 11.5 Å². The van der Waals surface area contributed by atoms with Crippen LogP contribution >= 0.6 is 23.1 Å². The van der Waals surface area contributed by atoms with Crippen molar-refractivity contribution >= 4 is 44.8 Å². The molecule has 0 bridgehead atoms. The first-order valence-electron chi connectivity index (χ1n) is 9.52. The number of fused-ring (bicyclic) bond motifs is 1. The number of aryl methyl sites for hydroxylation is 2. The van der Waals surface area contributed by atoms with Gasteiger partial charge >= 0.3 is 0 Å². The van der Waals surface area contributed by atoms with Crippen molar-refractivity contribution in [1.29, 1.82) is 0 Å². The fourth-order valence-electron chi connectivity index (χ4n) is 3.15. The molecule has 1 N–H and O–H groups in total. The lowest BCUT2D eigenvalue weighted by molar-refractivity contribution is 0.405. The number of ether oxygens (including phenoxy) is 2. The molecule has 5 nitrogen and oxygen atoms in total. The Bertz CT molecular complexity index is 1180. The zero-order valence-electron chi connectivity index (χ0n) is 17.4. The predicted octanol–water partition coefficient (Wildman–Crippen LogP) is 6.36. The number of thioether (sulfide) groups is 1. The van der Waals surface area contributed by atoms with Gasteiger partial charge in [-0.2, -0.15) is 0 Å². The third-order valence-electron chi connectivity index (χ3n) is 4.85. The van der Waals surface area contributed by atoms with Crippen LogP contribution in [0.4, 0.5) is 11.5 Å². The summed E-state index contributed by atoms with van der Waals surface area (Å²) in [6.45, 7) is 4.24. The van der Waals surface area contributed by atoms with Crippen molar-refractivity contribution in [2.75, 3.05) is 19.5 Å². The van der Waals surface area contributed by atoms with E-state index in [0.29, 0.717) is 5.75 Å². The fraction of sp³-hybridized carbons (Fsp3) is 0.217. The highest BCUT2D eigenvalue weighted by molar-refractivity contribution is 7.98. The first-order chi connectivity index (χ1) is 14.6. The Morgan fingerprint density at radius 3 is 2.53 bits per heavy atom. The van der Waals surface area contributed by atoms with Gasteiger partial charge in [0.15, 0.2) is 0 Å². The summed E-state index contributed by atoms with van der Waals surface area (Å²) in [6, 6.07) is 16.0. The molecule has 0 spiro atoms. The smallest absolute Gasteiger partial charge is 0.143 e. The summed E-state index contributed by atoms with van der Waals surface area (Å²) < 4.78 is 10.9. The molecular formula is C23H23N3O2S2. The normalized spacial score (nSPS) is 10.9. The highest BCUT2D eigenvalue weighted by Crippen LogP contribution is 2.38. The maximum absolute atomic E-state index is 5.54. The first-order valence-corrected chi connectivity index (χ1v) is 11.3. The summed E-state index contributed by atoms with van der Waals surface area (Å²) in [5.74, 6) is 3.76. The number of benzene rings is 2. The Morgan fingerprint density at radius 1 is 1.00 bits per heavy atom. The van der Waals surface area contributed by atoms with Gasteiger partial charge in [-0.1, -0.05) is 18.2 Å². The molecule has 2 heterocycles. The van der Waals surface area contributed by atoms with Crippen LogP contribution in [0.25, 0.3) is 10.2 Å². The van der Waals surface area contributed by atoms with Gasteiger partial charge in [0.1, 0.15) is 28.0 Å². The second-order valence-corrected chi connectivity index (χ2v) is 9.00. The fourth-order valence-corrected chi connectivity index (χ4v) is 4.98. The molecule has 154 valence electrons. The number of nitrogens with zero attached hydrogens (tertiary/aromatic N) is 2. The first kappa shape index (κ1) is 20.5. The standard InChI is InChI=1S/C23H23N3O2S2/c1-14-15(2)30-23-21(14)22(24-18-12-16(27-3)10-11-19(18)28-4)25-20(26-23)13-29-17-8-6-5-7-9-17/h5-12H,13H2,1-4H3,(H,24,25,26). The van der Waals surface area contributed by atoms with E-state index in [1.165, 1.54) is 15.3 Å². The van der Waals surface area contributed by atoms with Crippen LogP contribution in [0.15, 0.2) is 53.4 Å². The van der Waals surface area contributed by atoms with E-state index >= 15 is 0 Å². The molecule has 0 atom stereocenters. The summed E-state index contributed by atoms with van der Waals surface area (Å²) in [4.78, 5) is 13.2. The van der Waals surface area contributed by atoms with E-state index < -0.39 is 0 Å². The average Bonchev–Trinajstić information content (AvgIpc) is 3.06. The highest BCUT2D eigenvalue weighted by Gasteiger charge is 2.17. The summed E-state index contributed by atoms with van der Waals surface area (Å²) in [7, 11) is 3.31. The third-order valence-corrected chi connectivity index (χ3v) is 6.96. The van der Waals surface area contributed by atoms with E-state index in [1.54, 1.807) is 37.3 Å². The number of nitrogens with one attached hydrogen (secondary N) is 1. The van der Waals surface area contributed by atoms with Gasteiger partial charge < -0.3 is 14.8 Å². The minimum absolute atomic E-state index is 0.694. The van der Waals surface area contributed by atoms with Crippen molar-refractivity contribution in [1.82, 2.24) is 9.97 Å². The van der Waals surface area contributed by atoms with Crippen molar-refractivity contribution in [3.63, 3.8) is 0 Å². The van der Waals surface area contributed by atoms with Crippen LogP contribution < -0.4 is 14.8 Å². The maximum Gasteiger partial charge on any atom is 0.143 e. The van der Waals surface area contributed by atoms with Gasteiger partial charge in [-0.15, -0.1) is 23.1 Å². The molecular weight excluding hydrogens is 414 g/mol. The number of aromatic nitrogens is 2. The SMILES string of the molecule is COc1ccc(OC)c(Nc2nc(CSc3ccccc3)nc3sc(C)c(C)c23)c1. The van der Waals surface area contributed by atoms with Crippen molar-refractivity contribution in [3.8, 4) is 11.5 Å². The van der Waals surface area contributed by atoms with Crippen LogP contribution in [0, 0.1) is 13.8 Å². The van der Waals surface area contributed by atoms with E-state index in [9.17, 15) is 0 Å². The van der Waals surface area contributed by atoms with E-state index in [-0.39, 0.29) is 0 Å². The molecule has 0 radical (unpaired) electrons. The second-order valence-electron chi connectivity index (χ2n) is 6.74. The monoisotopic (exact) mass is 437 g/mol. The number of thiophene rings is 1. The van der Waals surface area contributed by atoms with Gasteiger partial charge in [0.05, 0.1) is 31.0 Å². The molecule has 0 saturated carbocycles. The lowest BCUT2D eigenvalue weighted by Gasteiger charge is -2.14. The molecule has 0 aliphatic heterocycles. The topological polar surface area (TPSA) is 56.3 Å². The summed E-state index contributed by atoms with van der Waals surface area (Å²) >= 11 is 3.43. The minimum atomic E-state index is 0.694. The minimum Gasteiger partial charge on any atom is -0.497 e. The Kier molecular flexibility index (Phi) is 6.11. The highest BCUT2D eigenvalue weighted by atomic mass is 32.2. The molecule has 0 aliphatic carbocycles. The number of methoxy groups -OCH3 is 2. The molecule has 0 unspecified atom stereocenters. The van der Waals surface area contributed by atoms with Crippen LogP contribution in [0.2, 0.25) is 0 Å². The molecule has 4 rings (SSSR count). The Balaban J connectivity index is 1.74. The maximum atomic E-state index is 5.54. The number of rotatable bonds is 7. The van der Waals surface area contributed by atoms with Crippen molar-refractivity contribution < 1.29 is 9.47 Å². The van der Waals surface area contributed by atoms with Gasteiger partial charge in [0.25, 0.3) is 0 Å². The lowest BCUT2D eigenvalue weighted by Crippen LogP contribution is -2.02. The molecule has 4 aromatic rings. The van der Waals surface area contributed by atoms with Crippen LogP contribution in [-0.2, 0) is 5.75 Å². The van der Waals surface area contributed by atoms with E-state index in [2.05, 4.69) is 31.3 Å². The van der Waals surface area contributed by atoms with Crippen LogP contribution in [-0.4, -0.2) is 24.2 Å². The summed E-state index contributed by atoms with van der Waals surface area (Å²) in [5.41, 5.74) is 2.00. The Morgan fingerprint density at radius 2 is 1.80 bits per heavy atom. The van der Waals surface area contributed by atoms with E-state index in [1.807, 2.05) is 36.4 Å². The molecule has 0 amide bonds. The lowest BCUT2D eigenvalue weighted by atomic mass is 10.2. The zero-order chi connectivity index (χ0) is 21.1. The predicted molar refractivity (Wildman–Crippen MR) is 126 cm³/mol. The quantitative estimate of drug-likeness (QED) is 0.340. The van der Waals surface area contributed by atoms with Crippen molar-refractivity contribution in [2.24, 2.45) is 0 Å². The van der Waals surface area contributed by atoms with Gasteiger partial charge in [-0.3, -0.25) is 0 Å². The second kappa shape index (κ2) is 8.93. The van der Waals surface area contributed by atoms with Crippen LogP contribution in [0.1, 0.15) is 16.3 Å². The Labute approximate surface area is 184 Å². The van der Waals surface area contributed by atoms with E-state index in [0.717, 1.165) is 39.0 Å². The Hall–Kier alpha value is -2.77. The van der Waals surface area contributed by atoms with Gasteiger partial charge in [-0.05, 0) is 43.7 Å². The van der Waals surface area contributed by atoms with Crippen molar-refractivity contribution in [2.45, 2.75) is 24.5 Å². The molecule has 30 heavy (non-hydrogen) atoms. The van der Waals surface area contributed by atoms with Crippen LogP contribution in [0.3, 0.4) is 0 Å².